The smallest absolute Gasteiger partial charge is 0.227 e. The second kappa shape index (κ2) is 6.48. The van der Waals surface area contributed by atoms with E-state index in [1.54, 1.807) is 16.2 Å². The zero-order valence-electron chi connectivity index (χ0n) is 15.1. The molecule has 5 nitrogen and oxygen atoms in total. The molecule has 2 heterocycles. The summed E-state index contributed by atoms with van der Waals surface area (Å²) in [5.74, 6) is -3.99. The highest BCUT2D eigenvalue weighted by Crippen LogP contribution is 2.37. The second-order valence-electron chi connectivity index (χ2n) is 7.42. The predicted molar refractivity (Wildman–Crippen MR) is 96.4 cm³/mol. The molecular formula is C19H17F3N4OS. The SMILES string of the molecule is Cn1c(CC(=O)NC2(C#N)CC2)c2n(c1=S)C[C@@H](c1c(F)ccc(F)c1F)C2. The van der Waals surface area contributed by atoms with Crippen molar-refractivity contribution >= 4 is 18.1 Å². The van der Waals surface area contributed by atoms with Gasteiger partial charge in [0.05, 0.1) is 12.5 Å². The van der Waals surface area contributed by atoms with E-state index >= 15 is 0 Å². The summed E-state index contributed by atoms with van der Waals surface area (Å²) in [4.78, 5) is 12.4. The number of carbonyl (C=O) groups is 1. The van der Waals surface area contributed by atoms with Gasteiger partial charge in [0, 0.05) is 36.5 Å². The number of hydrogen-bond acceptors (Lipinski definition) is 3. The third kappa shape index (κ3) is 2.92. The molecule has 0 radical (unpaired) electrons. The Morgan fingerprint density at radius 2 is 2.04 bits per heavy atom. The van der Waals surface area contributed by atoms with Crippen molar-refractivity contribution in [2.45, 2.75) is 43.7 Å². The summed E-state index contributed by atoms with van der Waals surface area (Å²) in [6.07, 6.45) is 1.50. The van der Waals surface area contributed by atoms with Crippen LogP contribution in [0.2, 0.25) is 0 Å². The van der Waals surface area contributed by atoms with Crippen LogP contribution in [-0.4, -0.2) is 20.6 Å². The summed E-state index contributed by atoms with van der Waals surface area (Å²) < 4.78 is 45.9. The summed E-state index contributed by atoms with van der Waals surface area (Å²) in [6.45, 7) is 0.211. The highest BCUT2D eigenvalue weighted by molar-refractivity contribution is 7.71. The first-order chi connectivity index (χ1) is 13.3. The molecule has 1 N–H and O–H groups in total. The molecule has 0 spiro atoms. The Balaban J connectivity index is 1.63. The minimum Gasteiger partial charge on any atom is -0.337 e. The van der Waals surface area contributed by atoms with E-state index < -0.39 is 28.9 Å². The van der Waals surface area contributed by atoms with Crippen molar-refractivity contribution in [2.24, 2.45) is 7.05 Å². The molecule has 0 unspecified atom stereocenters. The fourth-order valence-electron chi connectivity index (χ4n) is 3.88. The summed E-state index contributed by atoms with van der Waals surface area (Å²) in [5.41, 5.74) is 0.275. The average Bonchev–Trinajstić information content (AvgIpc) is 3.25. The molecule has 1 aromatic carbocycles. The molecule has 0 saturated heterocycles. The number of amides is 1. The number of imidazole rings is 1. The molecular weight excluding hydrogens is 389 g/mol. The average molecular weight is 406 g/mol. The van der Waals surface area contributed by atoms with E-state index in [-0.39, 0.29) is 30.9 Å². The molecule has 28 heavy (non-hydrogen) atoms. The number of benzene rings is 1. The summed E-state index contributed by atoms with van der Waals surface area (Å²) in [6, 6.07) is 3.79. The van der Waals surface area contributed by atoms with Crippen LogP contribution in [0.4, 0.5) is 13.2 Å². The van der Waals surface area contributed by atoms with Gasteiger partial charge in [-0.15, -0.1) is 0 Å². The van der Waals surface area contributed by atoms with Gasteiger partial charge in [-0.3, -0.25) is 4.79 Å². The third-order valence-electron chi connectivity index (χ3n) is 5.58. The number of hydrogen-bond donors (Lipinski definition) is 1. The molecule has 146 valence electrons. The van der Waals surface area contributed by atoms with Crippen LogP contribution in [0.1, 0.15) is 35.7 Å². The van der Waals surface area contributed by atoms with Crippen molar-refractivity contribution < 1.29 is 18.0 Å². The number of nitriles is 1. The Morgan fingerprint density at radius 1 is 1.36 bits per heavy atom. The van der Waals surface area contributed by atoms with Gasteiger partial charge >= 0.3 is 0 Å². The fraction of sp³-hybridized carbons (Fsp3) is 0.421. The summed E-state index contributed by atoms with van der Waals surface area (Å²) in [5, 5.41) is 11.9. The first kappa shape index (κ1) is 18.7. The molecule has 1 aromatic heterocycles. The largest absolute Gasteiger partial charge is 0.337 e. The zero-order chi connectivity index (χ0) is 20.2. The minimum absolute atomic E-state index is 0.00668. The minimum atomic E-state index is -1.19. The van der Waals surface area contributed by atoms with Crippen LogP contribution in [0.5, 0.6) is 0 Å². The van der Waals surface area contributed by atoms with E-state index in [2.05, 4.69) is 11.4 Å². The molecule has 1 atom stereocenters. The molecule has 1 aliphatic carbocycles. The number of rotatable bonds is 4. The van der Waals surface area contributed by atoms with Gasteiger partial charge in [0.15, 0.2) is 16.4 Å². The van der Waals surface area contributed by atoms with Gasteiger partial charge in [-0.2, -0.15) is 5.26 Å². The molecule has 1 amide bonds. The van der Waals surface area contributed by atoms with E-state index in [9.17, 15) is 18.0 Å². The van der Waals surface area contributed by atoms with Gasteiger partial charge in [0.1, 0.15) is 11.4 Å². The van der Waals surface area contributed by atoms with Gasteiger partial charge < -0.3 is 14.5 Å². The Bertz CT molecular complexity index is 1090. The van der Waals surface area contributed by atoms with Gasteiger partial charge in [-0.25, -0.2) is 13.2 Å². The Kier molecular flexibility index (Phi) is 4.34. The molecule has 1 saturated carbocycles. The summed E-state index contributed by atoms with van der Waals surface area (Å²) >= 11 is 5.41. The van der Waals surface area contributed by atoms with E-state index in [0.29, 0.717) is 29.0 Å². The Labute approximate surface area is 164 Å². The molecule has 2 aromatic rings. The van der Waals surface area contributed by atoms with Crippen molar-refractivity contribution in [3.8, 4) is 6.07 Å². The number of nitrogens with one attached hydrogen (secondary N) is 1. The quantitative estimate of drug-likeness (QED) is 0.627. The molecule has 1 aliphatic heterocycles. The maximum absolute atomic E-state index is 14.2. The highest BCUT2D eigenvalue weighted by Gasteiger charge is 2.44. The number of aromatic nitrogens is 2. The lowest BCUT2D eigenvalue weighted by Gasteiger charge is -2.14. The van der Waals surface area contributed by atoms with Gasteiger partial charge in [0.2, 0.25) is 5.91 Å². The maximum atomic E-state index is 14.2. The monoisotopic (exact) mass is 406 g/mol. The first-order valence-corrected chi connectivity index (χ1v) is 9.30. The summed E-state index contributed by atoms with van der Waals surface area (Å²) in [7, 11) is 1.73. The van der Waals surface area contributed by atoms with Crippen molar-refractivity contribution in [3.63, 3.8) is 0 Å². The third-order valence-corrected chi connectivity index (χ3v) is 6.08. The van der Waals surface area contributed by atoms with Crippen LogP contribution in [0.25, 0.3) is 0 Å². The normalized spacial score (nSPS) is 19.2. The van der Waals surface area contributed by atoms with Crippen molar-refractivity contribution in [2.75, 3.05) is 0 Å². The van der Waals surface area contributed by atoms with Crippen LogP contribution in [-0.2, 0) is 31.2 Å². The number of carbonyl (C=O) groups excluding carboxylic acids is 1. The molecule has 0 bridgehead atoms. The number of fused-ring (bicyclic) bond motifs is 1. The standard InChI is InChI=1S/C19H17F3N4OS/c1-25-13(7-15(27)24-19(9-23)4-5-19)14-6-10(8-26(14)18(25)28)16-11(20)2-3-12(21)17(16)22/h2-3,10H,4-8H2,1H3,(H,24,27)/t10-/m0/s1. The van der Waals surface area contributed by atoms with E-state index in [1.807, 2.05) is 0 Å². The lowest BCUT2D eigenvalue weighted by molar-refractivity contribution is -0.121. The maximum Gasteiger partial charge on any atom is 0.227 e. The van der Waals surface area contributed by atoms with Crippen LogP contribution in [0, 0.1) is 33.6 Å². The zero-order valence-corrected chi connectivity index (χ0v) is 15.9. The van der Waals surface area contributed by atoms with E-state index in [0.717, 1.165) is 12.1 Å². The van der Waals surface area contributed by atoms with Gasteiger partial charge in [-0.1, -0.05) is 0 Å². The predicted octanol–water partition coefficient (Wildman–Crippen LogP) is 3.03. The lowest BCUT2D eigenvalue weighted by Crippen LogP contribution is -2.37. The topological polar surface area (TPSA) is 62.8 Å². The molecule has 9 heteroatoms. The van der Waals surface area contributed by atoms with Crippen molar-refractivity contribution in [1.29, 1.82) is 5.26 Å². The lowest BCUT2D eigenvalue weighted by atomic mass is 9.95. The Hall–Kier alpha value is -2.60. The van der Waals surface area contributed by atoms with E-state index in [4.69, 9.17) is 17.5 Å². The van der Waals surface area contributed by atoms with Crippen molar-refractivity contribution in [1.82, 2.24) is 14.5 Å². The molecule has 4 rings (SSSR count). The molecule has 1 fully saturated rings. The van der Waals surface area contributed by atoms with Gasteiger partial charge in [0.25, 0.3) is 0 Å². The number of halogens is 3. The molecule has 2 aliphatic rings. The van der Waals surface area contributed by atoms with Crippen LogP contribution in [0.3, 0.4) is 0 Å². The first-order valence-electron chi connectivity index (χ1n) is 8.89. The van der Waals surface area contributed by atoms with E-state index in [1.165, 1.54) is 0 Å². The van der Waals surface area contributed by atoms with Crippen molar-refractivity contribution in [3.05, 3.63) is 51.3 Å². The van der Waals surface area contributed by atoms with Crippen LogP contribution >= 0.6 is 12.2 Å². The van der Waals surface area contributed by atoms with Crippen LogP contribution < -0.4 is 5.32 Å². The Morgan fingerprint density at radius 3 is 2.68 bits per heavy atom. The fourth-order valence-corrected chi connectivity index (χ4v) is 4.17. The number of nitrogens with zero attached hydrogens (tertiary/aromatic N) is 3. The van der Waals surface area contributed by atoms with Crippen LogP contribution in [0.15, 0.2) is 12.1 Å². The van der Waals surface area contributed by atoms with Gasteiger partial charge in [-0.05, 0) is 43.6 Å². The second-order valence-corrected chi connectivity index (χ2v) is 7.79. The highest BCUT2D eigenvalue weighted by atomic mass is 32.1.